The predicted octanol–water partition coefficient (Wildman–Crippen LogP) is 2.03. The number of ketones is 1. The molecule has 1 aliphatic rings. The van der Waals surface area contributed by atoms with Crippen LogP contribution in [-0.4, -0.2) is 25.5 Å². The molecule has 17 heavy (non-hydrogen) atoms. The van der Waals surface area contributed by atoms with Gasteiger partial charge < -0.3 is 15.2 Å². The van der Waals surface area contributed by atoms with Gasteiger partial charge in [-0.1, -0.05) is 11.6 Å². The smallest absolute Gasteiger partial charge is 0.180 e. The Balaban J connectivity index is 2.35. The quantitative estimate of drug-likeness (QED) is 0.818. The first-order valence-corrected chi connectivity index (χ1v) is 5.81. The fraction of sp³-hybridized carbons (Fsp3) is 0.417. The molecule has 0 saturated heterocycles. The normalized spacial score (nSPS) is 14.5. The lowest BCUT2D eigenvalue weighted by Crippen LogP contribution is -2.14. The van der Waals surface area contributed by atoms with Crippen molar-refractivity contribution in [1.82, 2.24) is 0 Å². The van der Waals surface area contributed by atoms with E-state index in [4.69, 9.17) is 26.8 Å². The van der Waals surface area contributed by atoms with Gasteiger partial charge in [0, 0.05) is 5.56 Å². The minimum atomic E-state index is -0.178. The first-order valence-electron chi connectivity index (χ1n) is 5.43. The largest absolute Gasteiger partial charge is 0.493 e. The van der Waals surface area contributed by atoms with Crippen LogP contribution in [0.25, 0.3) is 0 Å². The molecule has 0 atom stereocenters. The van der Waals surface area contributed by atoms with Crippen molar-refractivity contribution in [3.8, 4) is 11.5 Å². The topological polar surface area (TPSA) is 61.5 Å². The van der Waals surface area contributed by atoms with Gasteiger partial charge in [-0.2, -0.15) is 0 Å². The molecule has 4 nitrogen and oxygen atoms in total. The summed E-state index contributed by atoms with van der Waals surface area (Å²) in [6.45, 7) is -0.0533. The van der Waals surface area contributed by atoms with Gasteiger partial charge >= 0.3 is 0 Å². The Morgan fingerprint density at radius 1 is 1.53 bits per heavy atom. The van der Waals surface area contributed by atoms with Crippen LogP contribution in [0.3, 0.4) is 0 Å². The summed E-state index contributed by atoms with van der Waals surface area (Å²) in [5.74, 6) is 0.801. The zero-order valence-electron chi connectivity index (χ0n) is 9.53. The highest BCUT2D eigenvalue weighted by Crippen LogP contribution is 2.40. The number of nitrogens with two attached hydrogens (primary N) is 1. The SMILES string of the molecule is COc1cc(C(=O)CN)cc(Cl)c1OC1CC1. The first-order chi connectivity index (χ1) is 8.15. The molecule has 1 saturated carbocycles. The van der Waals surface area contributed by atoms with Gasteiger partial charge in [0.15, 0.2) is 17.3 Å². The van der Waals surface area contributed by atoms with E-state index in [0.717, 1.165) is 12.8 Å². The maximum absolute atomic E-state index is 11.5. The maximum Gasteiger partial charge on any atom is 0.180 e. The van der Waals surface area contributed by atoms with Gasteiger partial charge in [-0.15, -0.1) is 0 Å². The maximum atomic E-state index is 11.5. The van der Waals surface area contributed by atoms with E-state index in [1.807, 2.05) is 0 Å². The van der Waals surface area contributed by atoms with E-state index < -0.39 is 0 Å². The van der Waals surface area contributed by atoms with Crippen molar-refractivity contribution in [2.45, 2.75) is 18.9 Å². The molecule has 1 fully saturated rings. The third kappa shape index (κ3) is 2.70. The molecule has 1 aromatic carbocycles. The first kappa shape index (κ1) is 12.2. The molecule has 0 amide bonds. The average Bonchev–Trinajstić information content (AvgIpc) is 3.14. The number of carbonyl (C=O) groups is 1. The lowest BCUT2D eigenvalue weighted by molar-refractivity contribution is 0.100. The molecule has 1 aliphatic carbocycles. The van der Waals surface area contributed by atoms with E-state index in [-0.39, 0.29) is 18.4 Å². The number of halogens is 1. The molecule has 1 aromatic rings. The highest BCUT2D eigenvalue weighted by atomic mass is 35.5. The molecule has 0 heterocycles. The van der Waals surface area contributed by atoms with Gasteiger partial charge in [-0.05, 0) is 25.0 Å². The Morgan fingerprint density at radius 2 is 2.24 bits per heavy atom. The number of carbonyl (C=O) groups excluding carboxylic acids is 1. The van der Waals surface area contributed by atoms with Crippen LogP contribution in [0, 0.1) is 0 Å². The molecule has 0 aromatic heterocycles. The van der Waals surface area contributed by atoms with Gasteiger partial charge in [-0.25, -0.2) is 0 Å². The van der Waals surface area contributed by atoms with Crippen molar-refractivity contribution >= 4 is 17.4 Å². The van der Waals surface area contributed by atoms with E-state index in [9.17, 15) is 4.79 Å². The third-order valence-corrected chi connectivity index (χ3v) is 2.83. The van der Waals surface area contributed by atoms with Crippen LogP contribution >= 0.6 is 11.6 Å². The molecular weight excluding hydrogens is 242 g/mol. The van der Waals surface area contributed by atoms with Crippen LogP contribution in [0.4, 0.5) is 0 Å². The predicted molar refractivity (Wildman–Crippen MR) is 65.0 cm³/mol. The third-order valence-electron chi connectivity index (χ3n) is 2.55. The van der Waals surface area contributed by atoms with Gasteiger partial charge in [0.05, 0.1) is 24.8 Å². The molecule has 92 valence electrons. The molecular formula is C12H14ClNO3. The summed E-state index contributed by atoms with van der Waals surface area (Å²) in [6.07, 6.45) is 2.28. The van der Waals surface area contributed by atoms with Gasteiger partial charge in [0.25, 0.3) is 0 Å². The number of methoxy groups -OCH3 is 1. The van der Waals surface area contributed by atoms with Gasteiger partial charge in [0.2, 0.25) is 0 Å². The summed E-state index contributed by atoms with van der Waals surface area (Å²) in [5.41, 5.74) is 5.75. The van der Waals surface area contributed by atoms with Crippen LogP contribution < -0.4 is 15.2 Å². The highest BCUT2D eigenvalue weighted by Gasteiger charge is 2.26. The number of Topliss-reactive ketones (excluding diaryl/α,β-unsaturated/α-hetero) is 1. The number of benzene rings is 1. The fourth-order valence-corrected chi connectivity index (χ4v) is 1.72. The number of ether oxygens (including phenoxy) is 2. The minimum Gasteiger partial charge on any atom is -0.493 e. The minimum absolute atomic E-state index is 0.0533. The van der Waals surface area contributed by atoms with Gasteiger partial charge in [0.1, 0.15) is 0 Å². The van der Waals surface area contributed by atoms with E-state index in [2.05, 4.69) is 0 Å². The van der Waals surface area contributed by atoms with Crippen LogP contribution in [-0.2, 0) is 0 Å². The fourth-order valence-electron chi connectivity index (χ4n) is 1.47. The van der Waals surface area contributed by atoms with E-state index in [0.29, 0.717) is 22.1 Å². The summed E-state index contributed by atoms with van der Waals surface area (Å²) in [6, 6.07) is 3.18. The number of hydrogen-bond acceptors (Lipinski definition) is 4. The summed E-state index contributed by atoms with van der Waals surface area (Å²) in [7, 11) is 1.52. The second-order valence-electron chi connectivity index (χ2n) is 3.93. The molecule has 5 heteroatoms. The average molecular weight is 256 g/mol. The summed E-state index contributed by atoms with van der Waals surface area (Å²) < 4.78 is 10.8. The number of hydrogen-bond donors (Lipinski definition) is 1. The van der Waals surface area contributed by atoms with Crippen molar-refractivity contribution in [3.63, 3.8) is 0 Å². The second kappa shape index (κ2) is 4.94. The Kier molecular flexibility index (Phi) is 3.54. The van der Waals surface area contributed by atoms with Gasteiger partial charge in [-0.3, -0.25) is 4.79 Å². The van der Waals surface area contributed by atoms with Crippen molar-refractivity contribution in [2.75, 3.05) is 13.7 Å². The van der Waals surface area contributed by atoms with Crippen molar-refractivity contribution in [1.29, 1.82) is 0 Å². The molecule has 0 spiro atoms. The molecule has 0 radical (unpaired) electrons. The molecule has 0 aliphatic heterocycles. The van der Waals surface area contributed by atoms with Crippen molar-refractivity contribution in [2.24, 2.45) is 5.73 Å². The Morgan fingerprint density at radius 3 is 2.76 bits per heavy atom. The second-order valence-corrected chi connectivity index (χ2v) is 4.34. The Bertz CT molecular complexity index is 444. The zero-order chi connectivity index (χ0) is 12.4. The summed E-state index contributed by atoms with van der Waals surface area (Å²) in [4.78, 5) is 11.5. The molecule has 0 bridgehead atoms. The Labute approximate surface area is 105 Å². The van der Waals surface area contributed by atoms with E-state index in [1.165, 1.54) is 7.11 Å². The van der Waals surface area contributed by atoms with Crippen LogP contribution in [0.1, 0.15) is 23.2 Å². The molecule has 2 N–H and O–H groups in total. The highest BCUT2D eigenvalue weighted by molar-refractivity contribution is 6.32. The summed E-state index contributed by atoms with van der Waals surface area (Å²) >= 11 is 6.09. The van der Waals surface area contributed by atoms with Crippen LogP contribution in [0.5, 0.6) is 11.5 Å². The lowest BCUT2D eigenvalue weighted by atomic mass is 10.1. The molecule has 2 rings (SSSR count). The van der Waals surface area contributed by atoms with Crippen LogP contribution in [0.2, 0.25) is 5.02 Å². The van der Waals surface area contributed by atoms with E-state index in [1.54, 1.807) is 12.1 Å². The standard InChI is InChI=1S/C12H14ClNO3/c1-16-11-5-7(10(15)6-14)4-9(13)12(11)17-8-2-3-8/h4-5,8H,2-3,6,14H2,1H3. The van der Waals surface area contributed by atoms with Crippen molar-refractivity contribution < 1.29 is 14.3 Å². The monoisotopic (exact) mass is 255 g/mol. The van der Waals surface area contributed by atoms with Crippen molar-refractivity contribution in [3.05, 3.63) is 22.7 Å². The summed E-state index contributed by atoms with van der Waals surface area (Å²) in [5, 5.41) is 0.382. The number of rotatable bonds is 5. The van der Waals surface area contributed by atoms with E-state index >= 15 is 0 Å². The Hall–Kier alpha value is -1.26. The molecule has 0 unspecified atom stereocenters. The zero-order valence-corrected chi connectivity index (χ0v) is 10.3. The van der Waals surface area contributed by atoms with Crippen LogP contribution in [0.15, 0.2) is 12.1 Å². The lowest BCUT2D eigenvalue weighted by Gasteiger charge is -2.13.